The molecule has 1 aliphatic rings. The highest BCUT2D eigenvalue weighted by atomic mass is 32.2. The summed E-state index contributed by atoms with van der Waals surface area (Å²) >= 11 is 1.72. The van der Waals surface area contributed by atoms with Gasteiger partial charge >= 0.3 is 0 Å². The van der Waals surface area contributed by atoms with Gasteiger partial charge < -0.3 is 15.7 Å². The average molecular weight is 302 g/mol. The van der Waals surface area contributed by atoms with Crippen LogP contribution in [0.1, 0.15) is 0 Å². The summed E-state index contributed by atoms with van der Waals surface area (Å²) in [4.78, 5) is 7.56. The zero-order valence-corrected chi connectivity index (χ0v) is 12.5. The molecule has 6 heteroatoms. The van der Waals surface area contributed by atoms with Crippen molar-refractivity contribution < 1.29 is 5.11 Å². The number of hydrogen-bond acceptors (Lipinski definition) is 6. The van der Waals surface area contributed by atoms with Crippen molar-refractivity contribution in [1.82, 2.24) is 9.29 Å². The van der Waals surface area contributed by atoms with Crippen LogP contribution in [-0.2, 0) is 0 Å². The summed E-state index contributed by atoms with van der Waals surface area (Å²) in [6.45, 7) is 3.91. The molecule has 0 atom stereocenters. The zero-order chi connectivity index (χ0) is 14.7. The van der Waals surface area contributed by atoms with Crippen LogP contribution in [0.15, 0.2) is 47.5 Å². The van der Waals surface area contributed by atoms with Gasteiger partial charge in [-0.15, -0.1) is 0 Å². The fourth-order valence-corrected chi connectivity index (χ4v) is 3.17. The molecule has 3 rings (SSSR count). The third kappa shape index (κ3) is 3.59. The molecule has 21 heavy (non-hydrogen) atoms. The number of nitrogens with zero attached hydrogens (tertiary/aromatic N) is 3. The Labute approximate surface area is 128 Å². The van der Waals surface area contributed by atoms with Gasteiger partial charge in [0, 0.05) is 43.0 Å². The number of nitrogen functional groups attached to an aromatic ring is 1. The van der Waals surface area contributed by atoms with Gasteiger partial charge in [0.05, 0.1) is 0 Å². The molecule has 0 bridgehead atoms. The molecule has 1 aliphatic heterocycles. The number of phenolic OH excluding ortho intramolecular Hbond substituents is 1. The topological polar surface area (TPSA) is 65.6 Å². The van der Waals surface area contributed by atoms with E-state index >= 15 is 0 Å². The van der Waals surface area contributed by atoms with Gasteiger partial charge in [-0.2, -0.15) is 0 Å². The first-order valence-electron chi connectivity index (χ1n) is 6.89. The van der Waals surface area contributed by atoms with Crippen LogP contribution in [0.2, 0.25) is 0 Å². The zero-order valence-electron chi connectivity index (χ0n) is 11.6. The summed E-state index contributed by atoms with van der Waals surface area (Å²) in [6.07, 6.45) is 1.81. The van der Waals surface area contributed by atoms with Crippen molar-refractivity contribution in [3.05, 3.63) is 42.6 Å². The maximum atomic E-state index is 9.34. The van der Waals surface area contributed by atoms with E-state index in [1.807, 2.05) is 30.5 Å². The number of phenols is 1. The number of anilines is 2. The molecule has 1 saturated heterocycles. The van der Waals surface area contributed by atoms with Gasteiger partial charge in [0.25, 0.3) is 0 Å². The van der Waals surface area contributed by atoms with Crippen molar-refractivity contribution >= 4 is 23.5 Å². The molecule has 0 saturated carbocycles. The van der Waals surface area contributed by atoms with Crippen LogP contribution < -0.4 is 10.6 Å². The summed E-state index contributed by atoms with van der Waals surface area (Å²) in [5.74, 6) is 0.861. The van der Waals surface area contributed by atoms with Crippen LogP contribution in [0.5, 0.6) is 5.75 Å². The minimum Gasteiger partial charge on any atom is -0.508 e. The quantitative estimate of drug-likeness (QED) is 0.847. The number of aromatic nitrogens is 1. The minimum absolute atomic E-state index is 0.309. The van der Waals surface area contributed by atoms with Gasteiger partial charge in [-0.05, 0) is 48.3 Å². The Balaban J connectivity index is 1.55. The number of pyridine rings is 1. The normalized spacial score (nSPS) is 16.1. The molecule has 0 unspecified atom stereocenters. The highest BCUT2D eigenvalue weighted by Gasteiger charge is 2.18. The molecule has 0 amide bonds. The van der Waals surface area contributed by atoms with E-state index in [0.717, 1.165) is 36.8 Å². The summed E-state index contributed by atoms with van der Waals surface area (Å²) in [5.41, 5.74) is 6.75. The van der Waals surface area contributed by atoms with Gasteiger partial charge in [-0.25, -0.2) is 9.29 Å². The van der Waals surface area contributed by atoms with Gasteiger partial charge in [0.2, 0.25) is 0 Å². The van der Waals surface area contributed by atoms with Gasteiger partial charge in [0.1, 0.15) is 11.6 Å². The van der Waals surface area contributed by atoms with Crippen molar-refractivity contribution in [2.45, 2.75) is 4.90 Å². The lowest BCUT2D eigenvalue weighted by Gasteiger charge is -2.35. The maximum Gasteiger partial charge on any atom is 0.123 e. The fraction of sp³-hybridized carbons (Fsp3) is 0.267. The fourth-order valence-electron chi connectivity index (χ4n) is 2.30. The van der Waals surface area contributed by atoms with Crippen LogP contribution >= 0.6 is 11.9 Å². The average Bonchev–Trinajstić information content (AvgIpc) is 2.51. The number of aromatic hydroxyl groups is 1. The molecule has 3 N–H and O–H groups in total. The third-order valence-corrected chi connectivity index (χ3v) is 4.52. The smallest absolute Gasteiger partial charge is 0.123 e. The highest BCUT2D eigenvalue weighted by Crippen LogP contribution is 2.26. The molecule has 0 spiro atoms. The Morgan fingerprint density at radius 2 is 1.71 bits per heavy atom. The molecule has 1 aromatic carbocycles. The lowest BCUT2D eigenvalue weighted by molar-refractivity contribution is 0.429. The number of piperazine rings is 1. The summed E-state index contributed by atoms with van der Waals surface area (Å²) in [7, 11) is 0. The molecule has 1 fully saturated rings. The second kappa shape index (κ2) is 6.24. The van der Waals surface area contributed by atoms with Gasteiger partial charge in [0.15, 0.2) is 0 Å². The van der Waals surface area contributed by atoms with Crippen molar-refractivity contribution in [2.75, 3.05) is 36.8 Å². The standard InChI is InChI=1S/C15H18N4OS/c16-15-6-5-14(11-17-15)21-19-9-7-18(8-10-19)12-1-3-13(20)4-2-12/h1-6,11,20H,7-10H2,(H2,16,17). The summed E-state index contributed by atoms with van der Waals surface area (Å²) < 4.78 is 2.34. The van der Waals surface area contributed by atoms with Crippen molar-refractivity contribution in [1.29, 1.82) is 0 Å². The van der Waals surface area contributed by atoms with E-state index in [2.05, 4.69) is 14.2 Å². The van der Waals surface area contributed by atoms with Crippen LogP contribution in [0.3, 0.4) is 0 Å². The van der Waals surface area contributed by atoms with Crippen LogP contribution in [-0.4, -0.2) is 40.6 Å². The number of benzene rings is 1. The Morgan fingerprint density at radius 1 is 1.00 bits per heavy atom. The molecular formula is C15H18N4OS. The molecule has 2 heterocycles. The van der Waals surface area contributed by atoms with E-state index in [-0.39, 0.29) is 0 Å². The lowest BCUT2D eigenvalue weighted by Crippen LogP contribution is -2.43. The van der Waals surface area contributed by atoms with E-state index in [1.165, 1.54) is 0 Å². The number of hydrogen-bond donors (Lipinski definition) is 2. The predicted octanol–water partition coefficient (Wildman–Crippen LogP) is 2.20. The van der Waals surface area contributed by atoms with Gasteiger partial charge in [-0.1, -0.05) is 0 Å². The maximum absolute atomic E-state index is 9.34. The summed E-state index contributed by atoms with van der Waals surface area (Å²) in [5, 5.41) is 9.34. The number of nitrogens with two attached hydrogens (primary N) is 1. The van der Waals surface area contributed by atoms with Crippen molar-refractivity contribution in [3.63, 3.8) is 0 Å². The van der Waals surface area contributed by atoms with Gasteiger partial charge in [-0.3, -0.25) is 0 Å². The Morgan fingerprint density at radius 3 is 2.33 bits per heavy atom. The predicted molar refractivity (Wildman–Crippen MR) is 86.4 cm³/mol. The Kier molecular flexibility index (Phi) is 4.17. The number of rotatable bonds is 3. The molecular weight excluding hydrogens is 284 g/mol. The molecule has 0 radical (unpaired) electrons. The van der Waals surface area contributed by atoms with Crippen LogP contribution in [0.4, 0.5) is 11.5 Å². The highest BCUT2D eigenvalue weighted by molar-refractivity contribution is 7.97. The van der Waals surface area contributed by atoms with E-state index in [9.17, 15) is 5.11 Å². The van der Waals surface area contributed by atoms with Crippen LogP contribution in [0, 0.1) is 0 Å². The van der Waals surface area contributed by atoms with Crippen molar-refractivity contribution in [3.8, 4) is 5.75 Å². The molecule has 110 valence electrons. The Hall–Kier alpha value is -1.92. The monoisotopic (exact) mass is 302 g/mol. The first-order chi connectivity index (χ1) is 10.2. The van der Waals surface area contributed by atoms with Crippen LogP contribution in [0.25, 0.3) is 0 Å². The van der Waals surface area contributed by atoms with E-state index in [4.69, 9.17) is 5.73 Å². The molecule has 0 aliphatic carbocycles. The van der Waals surface area contributed by atoms with Crippen molar-refractivity contribution in [2.24, 2.45) is 0 Å². The molecule has 1 aromatic heterocycles. The SMILES string of the molecule is Nc1ccc(SN2CCN(c3ccc(O)cc3)CC2)cn1. The molecule has 5 nitrogen and oxygen atoms in total. The first-order valence-corrected chi connectivity index (χ1v) is 7.66. The van der Waals surface area contributed by atoms with E-state index in [1.54, 1.807) is 24.1 Å². The summed E-state index contributed by atoms with van der Waals surface area (Å²) in [6, 6.07) is 11.2. The lowest BCUT2D eigenvalue weighted by atomic mass is 10.2. The minimum atomic E-state index is 0.309. The first kappa shape index (κ1) is 14.0. The largest absolute Gasteiger partial charge is 0.508 e. The third-order valence-electron chi connectivity index (χ3n) is 3.45. The molecule has 2 aromatic rings. The second-order valence-electron chi connectivity index (χ2n) is 4.94. The van der Waals surface area contributed by atoms with E-state index < -0.39 is 0 Å². The second-order valence-corrected chi connectivity index (χ2v) is 6.11. The van der Waals surface area contributed by atoms with E-state index in [0.29, 0.717) is 11.6 Å². The Bertz CT molecular complexity index is 580.